The van der Waals surface area contributed by atoms with Crippen molar-refractivity contribution >= 4 is 11.7 Å². The van der Waals surface area contributed by atoms with Crippen LogP contribution in [0.3, 0.4) is 0 Å². The fourth-order valence-corrected chi connectivity index (χ4v) is 2.07. The fourth-order valence-electron chi connectivity index (χ4n) is 2.07. The summed E-state index contributed by atoms with van der Waals surface area (Å²) >= 11 is 0. The largest absolute Gasteiger partial charge is 0.466 e. The SMILES string of the molecule is CCOC(=O)[C@@]1(C)CNc2ccccc2C1. The monoisotopic (exact) mass is 219 g/mol. The number of anilines is 1. The van der Waals surface area contributed by atoms with Gasteiger partial charge in [-0.1, -0.05) is 18.2 Å². The van der Waals surface area contributed by atoms with Crippen molar-refractivity contribution in [3.63, 3.8) is 0 Å². The molecule has 1 atom stereocenters. The summed E-state index contributed by atoms with van der Waals surface area (Å²) in [6.07, 6.45) is 0.745. The molecule has 0 aromatic heterocycles. The van der Waals surface area contributed by atoms with E-state index in [0.29, 0.717) is 13.2 Å². The van der Waals surface area contributed by atoms with Gasteiger partial charge < -0.3 is 10.1 Å². The molecule has 0 amide bonds. The second kappa shape index (κ2) is 4.16. The summed E-state index contributed by atoms with van der Waals surface area (Å²) in [4.78, 5) is 11.9. The smallest absolute Gasteiger partial charge is 0.313 e. The summed E-state index contributed by atoms with van der Waals surface area (Å²) in [5.74, 6) is -0.114. The Morgan fingerprint density at radius 1 is 1.50 bits per heavy atom. The number of nitrogens with one attached hydrogen (secondary N) is 1. The van der Waals surface area contributed by atoms with Crippen molar-refractivity contribution in [1.29, 1.82) is 0 Å². The lowest BCUT2D eigenvalue weighted by Gasteiger charge is -2.33. The van der Waals surface area contributed by atoms with E-state index in [2.05, 4.69) is 11.4 Å². The van der Waals surface area contributed by atoms with Crippen molar-refractivity contribution in [1.82, 2.24) is 0 Å². The predicted octanol–water partition coefficient (Wildman–Crippen LogP) is 2.22. The molecule has 1 aliphatic heterocycles. The van der Waals surface area contributed by atoms with Crippen LogP contribution in [-0.2, 0) is 16.0 Å². The lowest BCUT2D eigenvalue weighted by Crippen LogP contribution is -2.41. The molecule has 3 heteroatoms. The number of hydrogen-bond acceptors (Lipinski definition) is 3. The molecule has 0 unspecified atom stereocenters. The number of carbonyl (C=O) groups is 1. The predicted molar refractivity (Wildman–Crippen MR) is 63.4 cm³/mol. The molecule has 0 radical (unpaired) electrons. The number of hydrogen-bond donors (Lipinski definition) is 1. The normalized spacial score (nSPS) is 23.1. The number of fused-ring (bicyclic) bond motifs is 1. The van der Waals surface area contributed by atoms with Gasteiger partial charge in [0.05, 0.1) is 12.0 Å². The van der Waals surface area contributed by atoms with Crippen LogP contribution in [0.15, 0.2) is 24.3 Å². The van der Waals surface area contributed by atoms with Gasteiger partial charge in [0.2, 0.25) is 0 Å². The summed E-state index contributed by atoms with van der Waals surface area (Å²) in [7, 11) is 0. The molecule has 0 aliphatic carbocycles. The van der Waals surface area contributed by atoms with E-state index < -0.39 is 5.41 Å². The topological polar surface area (TPSA) is 38.3 Å². The van der Waals surface area contributed by atoms with Crippen molar-refractivity contribution in [3.05, 3.63) is 29.8 Å². The van der Waals surface area contributed by atoms with Crippen LogP contribution in [0.1, 0.15) is 19.4 Å². The Kier molecular flexibility index (Phi) is 2.86. The van der Waals surface area contributed by atoms with Crippen molar-refractivity contribution in [2.75, 3.05) is 18.5 Å². The van der Waals surface area contributed by atoms with Crippen LogP contribution in [0, 0.1) is 5.41 Å². The molecule has 3 nitrogen and oxygen atoms in total. The molecule has 86 valence electrons. The van der Waals surface area contributed by atoms with Gasteiger partial charge >= 0.3 is 5.97 Å². The Hall–Kier alpha value is -1.51. The maximum atomic E-state index is 11.9. The van der Waals surface area contributed by atoms with Gasteiger partial charge in [0.1, 0.15) is 0 Å². The Morgan fingerprint density at radius 3 is 3.00 bits per heavy atom. The number of rotatable bonds is 2. The van der Waals surface area contributed by atoms with Gasteiger partial charge in [-0.25, -0.2) is 0 Å². The van der Waals surface area contributed by atoms with E-state index in [1.807, 2.05) is 32.0 Å². The molecule has 0 saturated carbocycles. The van der Waals surface area contributed by atoms with E-state index in [-0.39, 0.29) is 5.97 Å². The van der Waals surface area contributed by atoms with Crippen LogP contribution in [0.25, 0.3) is 0 Å². The Morgan fingerprint density at radius 2 is 2.25 bits per heavy atom. The standard InChI is InChI=1S/C13H17NO2/c1-3-16-12(15)13(2)8-10-6-4-5-7-11(10)14-9-13/h4-7,14H,3,8-9H2,1-2H3/t13-/m1/s1. The highest BCUT2D eigenvalue weighted by atomic mass is 16.5. The Labute approximate surface area is 95.8 Å². The molecule has 0 fully saturated rings. The maximum absolute atomic E-state index is 11.9. The molecule has 1 heterocycles. The zero-order chi connectivity index (χ0) is 11.6. The molecular weight excluding hydrogens is 202 g/mol. The number of esters is 1. The highest BCUT2D eigenvalue weighted by Gasteiger charge is 2.38. The van der Waals surface area contributed by atoms with Crippen molar-refractivity contribution in [2.24, 2.45) is 5.41 Å². The van der Waals surface area contributed by atoms with Crippen molar-refractivity contribution < 1.29 is 9.53 Å². The first-order valence-electron chi connectivity index (χ1n) is 5.65. The second-order valence-corrected chi connectivity index (χ2v) is 4.47. The third kappa shape index (κ3) is 1.90. The first-order chi connectivity index (χ1) is 7.65. The molecule has 1 aliphatic rings. The minimum atomic E-state index is -0.440. The average molecular weight is 219 g/mol. The van der Waals surface area contributed by atoms with Gasteiger partial charge in [-0.05, 0) is 31.9 Å². The number of benzene rings is 1. The third-order valence-corrected chi connectivity index (χ3v) is 3.04. The zero-order valence-electron chi connectivity index (χ0n) is 9.75. The summed E-state index contributed by atoms with van der Waals surface area (Å²) in [6, 6.07) is 8.09. The second-order valence-electron chi connectivity index (χ2n) is 4.47. The Balaban J connectivity index is 2.21. The molecule has 1 aromatic carbocycles. The number of carbonyl (C=O) groups excluding carboxylic acids is 1. The van der Waals surface area contributed by atoms with Crippen LogP contribution in [0.4, 0.5) is 5.69 Å². The molecule has 16 heavy (non-hydrogen) atoms. The molecule has 0 bridgehead atoms. The van der Waals surface area contributed by atoms with Gasteiger partial charge in [0, 0.05) is 12.2 Å². The third-order valence-electron chi connectivity index (χ3n) is 3.04. The molecule has 1 N–H and O–H groups in total. The summed E-state index contributed by atoms with van der Waals surface area (Å²) in [5, 5.41) is 3.29. The minimum absolute atomic E-state index is 0.114. The van der Waals surface area contributed by atoms with Crippen LogP contribution >= 0.6 is 0 Å². The van der Waals surface area contributed by atoms with Crippen molar-refractivity contribution in [2.45, 2.75) is 20.3 Å². The fraction of sp³-hybridized carbons (Fsp3) is 0.462. The van der Waals surface area contributed by atoms with E-state index in [1.165, 1.54) is 5.56 Å². The van der Waals surface area contributed by atoms with Gasteiger partial charge in [-0.3, -0.25) is 4.79 Å². The van der Waals surface area contributed by atoms with E-state index >= 15 is 0 Å². The highest BCUT2D eigenvalue weighted by Crippen LogP contribution is 2.33. The van der Waals surface area contributed by atoms with Gasteiger partial charge in [0.15, 0.2) is 0 Å². The molecule has 1 aromatic rings. The van der Waals surface area contributed by atoms with E-state index in [0.717, 1.165) is 12.1 Å². The maximum Gasteiger partial charge on any atom is 0.313 e. The molecular formula is C13H17NO2. The quantitative estimate of drug-likeness (QED) is 0.775. The van der Waals surface area contributed by atoms with Gasteiger partial charge in [0.25, 0.3) is 0 Å². The van der Waals surface area contributed by atoms with Crippen LogP contribution in [-0.4, -0.2) is 19.1 Å². The zero-order valence-corrected chi connectivity index (χ0v) is 9.75. The first kappa shape index (κ1) is 11.0. The lowest BCUT2D eigenvalue weighted by molar-refractivity contribution is -0.153. The first-order valence-corrected chi connectivity index (χ1v) is 5.65. The number of para-hydroxylation sites is 1. The molecule has 0 spiro atoms. The van der Waals surface area contributed by atoms with E-state index in [4.69, 9.17) is 4.74 Å². The molecule has 2 rings (SSSR count). The van der Waals surface area contributed by atoms with Crippen LogP contribution in [0.2, 0.25) is 0 Å². The van der Waals surface area contributed by atoms with E-state index in [9.17, 15) is 4.79 Å². The van der Waals surface area contributed by atoms with Gasteiger partial charge in [-0.15, -0.1) is 0 Å². The summed E-state index contributed by atoms with van der Waals surface area (Å²) < 4.78 is 5.12. The summed E-state index contributed by atoms with van der Waals surface area (Å²) in [6.45, 7) is 4.87. The minimum Gasteiger partial charge on any atom is -0.466 e. The average Bonchev–Trinajstić information content (AvgIpc) is 2.29. The van der Waals surface area contributed by atoms with Crippen molar-refractivity contribution in [3.8, 4) is 0 Å². The highest BCUT2D eigenvalue weighted by molar-refractivity contribution is 5.79. The lowest BCUT2D eigenvalue weighted by atomic mass is 9.80. The summed E-state index contributed by atoms with van der Waals surface area (Å²) in [5.41, 5.74) is 1.87. The van der Waals surface area contributed by atoms with E-state index in [1.54, 1.807) is 0 Å². The number of ether oxygens (including phenoxy) is 1. The van der Waals surface area contributed by atoms with Crippen LogP contribution in [0.5, 0.6) is 0 Å². The van der Waals surface area contributed by atoms with Gasteiger partial charge in [-0.2, -0.15) is 0 Å². The van der Waals surface area contributed by atoms with Crippen LogP contribution < -0.4 is 5.32 Å². The molecule has 0 saturated heterocycles. The Bertz CT molecular complexity index is 403.